The third-order valence-electron chi connectivity index (χ3n) is 3.68. The third-order valence-corrected chi connectivity index (χ3v) is 5.52. The van der Waals surface area contributed by atoms with Crippen LogP contribution >= 0.6 is 23.4 Å². The number of carbonyl (C=O) groups excluding carboxylic acids is 1. The Hall–Kier alpha value is -1.46. The number of benzene rings is 1. The average Bonchev–Trinajstić information content (AvgIpc) is 2.75. The molecule has 0 bridgehead atoms. The van der Waals surface area contributed by atoms with Crippen molar-refractivity contribution in [1.29, 1.82) is 0 Å². The average molecular weight is 336 g/mol. The topological polar surface area (TPSA) is 46.9 Å². The van der Waals surface area contributed by atoms with Crippen molar-refractivity contribution in [1.82, 2.24) is 9.78 Å². The second kappa shape index (κ2) is 6.34. The van der Waals surface area contributed by atoms with Crippen LogP contribution in [0.2, 0.25) is 5.02 Å². The van der Waals surface area contributed by atoms with Gasteiger partial charge in [-0.1, -0.05) is 37.6 Å². The lowest BCUT2D eigenvalue weighted by Gasteiger charge is -2.17. The van der Waals surface area contributed by atoms with E-state index in [0.29, 0.717) is 23.2 Å². The standard InChI is InChI=1S/C16H18ClN3OS/c1-10(2)15-13-7-18-20(16(13)19-14(21)9-22-15)8-11-3-5-12(17)6-4-11/h3-7,10,15H,8-9H2,1-2H3,(H,19,21). The summed E-state index contributed by atoms with van der Waals surface area (Å²) >= 11 is 7.60. The maximum absolute atomic E-state index is 12.0. The molecule has 6 heteroatoms. The first kappa shape index (κ1) is 15.4. The van der Waals surface area contributed by atoms with Crippen molar-refractivity contribution in [2.45, 2.75) is 25.6 Å². The molecule has 0 saturated carbocycles. The Bertz CT molecular complexity index is 681. The lowest BCUT2D eigenvalue weighted by Crippen LogP contribution is -2.16. The van der Waals surface area contributed by atoms with Crippen molar-refractivity contribution in [2.24, 2.45) is 5.92 Å². The Morgan fingerprint density at radius 3 is 2.82 bits per heavy atom. The minimum absolute atomic E-state index is 0.0345. The third kappa shape index (κ3) is 3.15. The Morgan fingerprint density at radius 2 is 2.14 bits per heavy atom. The Balaban J connectivity index is 1.93. The van der Waals surface area contributed by atoms with Gasteiger partial charge in [0.2, 0.25) is 5.91 Å². The number of anilines is 1. The second-order valence-corrected chi connectivity index (χ2v) is 7.32. The molecule has 2 aromatic rings. The van der Waals surface area contributed by atoms with Crippen molar-refractivity contribution in [3.63, 3.8) is 0 Å². The van der Waals surface area contributed by atoms with Gasteiger partial charge in [-0.15, -0.1) is 11.8 Å². The zero-order chi connectivity index (χ0) is 15.7. The van der Waals surface area contributed by atoms with E-state index in [2.05, 4.69) is 24.3 Å². The van der Waals surface area contributed by atoms with E-state index in [0.717, 1.165) is 16.9 Å². The first-order chi connectivity index (χ1) is 10.5. The molecule has 0 spiro atoms. The molecule has 2 heterocycles. The highest BCUT2D eigenvalue weighted by atomic mass is 35.5. The lowest BCUT2D eigenvalue weighted by molar-refractivity contribution is -0.113. The first-order valence-electron chi connectivity index (χ1n) is 7.26. The number of aromatic nitrogens is 2. The van der Waals surface area contributed by atoms with Gasteiger partial charge in [-0.25, -0.2) is 4.68 Å². The van der Waals surface area contributed by atoms with Crippen LogP contribution in [0.3, 0.4) is 0 Å². The molecule has 1 atom stereocenters. The summed E-state index contributed by atoms with van der Waals surface area (Å²) in [5.74, 6) is 1.79. The van der Waals surface area contributed by atoms with Crippen molar-refractivity contribution >= 4 is 35.1 Å². The summed E-state index contributed by atoms with van der Waals surface area (Å²) in [7, 11) is 0. The molecule has 1 aromatic heterocycles. The number of nitrogens with one attached hydrogen (secondary N) is 1. The van der Waals surface area contributed by atoms with Crippen molar-refractivity contribution < 1.29 is 4.79 Å². The summed E-state index contributed by atoms with van der Waals surface area (Å²) in [5, 5.41) is 8.48. The fraction of sp³-hybridized carbons (Fsp3) is 0.375. The summed E-state index contributed by atoms with van der Waals surface area (Å²) in [5.41, 5.74) is 2.21. The SMILES string of the molecule is CC(C)C1SCC(=O)Nc2c1cnn2Cc1ccc(Cl)cc1. The van der Waals surface area contributed by atoms with Gasteiger partial charge in [-0.2, -0.15) is 5.10 Å². The summed E-state index contributed by atoms with van der Waals surface area (Å²) in [4.78, 5) is 12.0. The Morgan fingerprint density at radius 1 is 1.41 bits per heavy atom. The van der Waals surface area contributed by atoms with Gasteiger partial charge in [0.1, 0.15) is 5.82 Å². The summed E-state index contributed by atoms with van der Waals surface area (Å²) in [6.07, 6.45) is 1.88. The largest absolute Gasteiger partial charge is 0.310 e. The molecule has 1 aliphatic heterocycles. The summed E-state index contributed by atoms with van der Waals surface area (Å²) in [6.45, 7) is 4.96. The number of hydrogen-bond acceptors (Lipinski definition) is 3. The zero-order valence-electron chi connectivity index (χ0n) is 12.5. The zero-order valence-corrected chi connectivity index (χ0v) is 14.1. The van der Waals surface area contributed by atoms with E-state index in [1.165, 1.54) is 0 Å². The maximum atomic E-state index is 12.0. The number of hydrogen-bond donors (Lipinski definition) is 1. The molecule has 1 amide bonds. The van der Waals surface area contributed by atoms with Gasteiger partial charge in [0.25, 0.3) is 0 Å². The molecule has 0 aliphatic carbocycles. The molecular formula is C16H18ClN3OS. The van der Waals surface area contributed by atoms with Crippen LogP contribution in [-0.4, -0.2) is 21.4 Å². The van der Waals surface area contributed by atoms with E-state index >= 15 is 0 Å². The fourth-order valence-electron chi connectivity index (χ4n) is 2.60. The van der Waals surface area contributed by atoms with Gasteiger partial charge in [0, 0.05) is 15.8 Å². The number of thioether (sulfide) groups is 1. The van der Waals surface area contributed by atoms with Crippen LogP contribution in [-0.2, 0) is 11.3 Å². The highest BCUT2D eigenvalue weighted by Crippen LogP contribution is 2.41. The van der Waals surface area contributed by atoms with Crippen molar-refractivity contribution in [2.75, 3.05) is 11.1 Å². The molecule has 22 heavy (non-hydrogen) atoms. The maximum Gasteiger partial charge on any atom is 0.235 e. The van der Waals surface area contributed by atoms with Gasteiger partial charge >= 0.3 is 0 Å². The smallest absolute Gasteiger partial charge is 0.235 e. The van der Waals surface area contributed by atoms with E-state index in [9.17, 15) is 4.79 Å². The highest BCUT2D eigenvalue weighted by Gasteiger charge is 2.28. The highest BCUT2D eigenvalue weighted by molar-refractivity contribution is 8.00. The van der Waals surface area contributed by atoms with E-state index in [1.54, 1.807) is 11.8 Å². The Kier molecular flexibility index (Phi) is 4.45. The van der Waals surface area contributed by atoms with E-state index in [4.69, 9.17) is 11.6 Å². The molecule has 4 nitrogen and oxygen atoms in total. The Labute approximate surface area is 139 Å². The van der Waals surface area contributed by atoms with E-state index in [-0.39, 0.29) is 11.2 Å². The normalized spacial score (nSPS) is 18.0. The minimum atomic E-state index is 0.0345. The molecule has 3 rings (SSSR count). The van der Waals surface area contributed by atoms with Gasteiger partial charge < -0.3 is 5.32 Å². The van der Waals surface area contributed by atoms with Crippen LogP contribution < -0.4 is 5.32 Å². The van der Waals surface area contributed by atoms with Gasteiger partial charge in [-0.05, 0) is 23.6 Å². The van der Waals surface area contributed by atoms with Crippen molar-refractivity contribution in [3.8, 4) is 0 Å². The number of carbonyl (C=O) groups is 1. The number of nitrogens with zero attached hydrogens (tertiary/aromatic N) is 2. The summed E-state index contributed by atoms with van der Waals surface area (Å²) < 4.78 is 1.86. The van der Waals surface area contributed by atoms with Crippen LogP contribution in [0, 0.1) is 5.92 Å². The van der Waals surface area contributed by atoms with Gasteiger partial charge in [0.05, 0.1) is 18.5 Å². The molecule has 1 N–H and O–H groups in total. The van der Waals surface area contributed by atoms with Crippen LogP contribution in [0.15, 0.2) is 30.5 Å². The number of fused-ring (bicyclic) bond motifs is 1. The number of halogens is 1. The van der Waals surface area contributed by atoms with Crippen LogP contribution in [0.1, 0.15) is 30.2 Å². The van der Waals surface area contributed by atoms with Crippen LogP contribution in [0.25, 0.3) is 0 Å². The molecule has 1 unspecified atom stereocenters. The quantitative estimate of drug-likeness (QED) is 0.923. The predicted molar refractivity (Wildman–Crippen MR) is 91.4 cm³/mol. The van der Waals surface area contributed by atoms with Crippen LogP contribution in [0.4, 0.5) is 5.82 Å². The molecule has 0 fully saturated rings. The minimum Gasteiger partial charge on any atom is -0.310 e. The molecule has 0 radical (unpaired) electrons. The summed E-state index contributed by atoms with van der Waals surface area (Å²) in [6, 6.07) is 7.68. The van der Waals surface area contributed by atoms with Crippen LogP contribution in [0.5, 0.6) is 0 Å². The molecular weight excluding hydrogens is 318 g/mol. The second-order valence-electron chi connectivity index (χ2n) is 5.76. The molecule has 0 saturated heterocycles. The van der Waals surface area contributed by atoms with E-state index in [1.807, 2.05) is 35.1 Å². The molecule has 1 aliphatic rings. The predicted octanol–water partition coefficient (Wildman–Crippen LogP) is 3.97. The monoisotopic (exact) mass is 335 g/mol. The van der Waals surface area contributed by atoms with Gasteiger partial charge in [0.15, 0.2) is 0 Å². The molecule has 1 aromatic carbocycles. The lowest BCUT2D eigenvalue weighted by atomic mass is 10.0. The first-order valence-corrected chi connectivity index (χ1v) is 8.69. The van der Waals surface area contributed by atoms with E-state index < -0.39 is 0 Å². The fourth-order valence-corrected chi connectivity index (χ4v) is 3.87. The molecule has 116 valence electrons. The van der Waals surface area contributed by atoms with Crippen molar-refractivity contribution in [3.05, 3.63) is 46.6 Å². The van der Waals surface area contributed by atoms with Gasteiger partial charge in [-0.3, -0.25) is 4.79 Å². The number of amides is 1. The number of rotatable bonds is 3.